The highest BCUT2D eigenvalue weighted by molar-refractivity contribution is 7.09. The Balaban J connectivity index is 1.79. The zero-order valence-corrected chi connectivity index (χ0v) is 16.5. The van der Waals surface area contributed by atoms with E-state index in [0.29, 0.717) is 29.5 Å². The summed E-state index contributed by atoms with van der Waals surface area (Å²) in [6, 6.07) is 6.27. The summed E-state index contributed by atoms with van der Waals surface area (Å²) < 4.78 is 15.0. The van der Waals surface area contributed by atoms with Crippen LogP contribution in [0.15, 0.2) is 29.6 Å². The Morgan fingerprint density at radius 1 is 1.11 bits per heavy atom. The predicted octanol–water partition coefficient (Wildman–Crippen LogP) is 3.04. The molecule has 8 nitrogen and oxygen atoms in total. The molecule has 0 spiro atoms. The van der Waals surface area contributed by atoms with Gasteiger partial charge in [0.05, 0.1) is 18.8 Å². The summed E-state index contributed by atoms with van der Waals surface area (Å²) in [4.78, 5) is 39.7. The zero-order chi connectivity index (χ0) is 20.4. The van der Waals surface area contributed by atoms with Crippen LogP contribution in [0.3, 0.4) is 0 Å². The minimum Gasteiger partial charge on any atom is -0.462 e. The average Bonchev–Trinajstić information content (AvgIpc) is 3.16. The molecular formula is C19H22N2O6S. The van der Waals surface area contributed by atoms with E-state index in [2.05, 4.69) is 10.3 Å². The van der Waals surface area contributed by atoms with Gasteiger partial charge in [0.1, 0.15) is 5.01 Å². The molecule has 2 rings (SSSR count). The number of hydrogen-bond donors (Lipinski definition) is 1. The van der Waals surface area contributed by atoms with Crippen molar-refractivity contribution < 1.29 is 28.6 Å². The lowest BCUT2D eigenvalue weighted by atomic mass is 10.2. The van der Waals surface area contributed by atoms with Gasteiger partial charge in [0, 0.05) is 18.2 Å². The fourth-order valence-corrected chi connectivity index (χ4v) is 2.81. The molecule has 0 saturated carbocycles. The minimum absolute atomic E-state index is 0.135. The number of anilines is 1. The Kier molecular flexibility index (Phi) is 8.57. The number of ether oxygens (including phenoxy) is 3. The van der Waals surface area contributed by atoms with Crippen LogP contribution in [0.25, 0.3) is 0 Å². The van der Waals surface area contributed by atoms with E-state index in [1.807, 2.05) is 6.92 Å². The quantitative estimate of drug-likeness (QED) is 0.478. The molecule has 0 saturated heterocycles. The number of amides is 1. The summed E-state index contributed by atoms with van der Waals surface area (Å²) in [5, 5.41) is 4.78. The summed E-state index contributed by atoms with van der Waals surface area (Å²) in [5.41, 5.74) is 1.01. The van der Waals surface area contributed by atoms with Crippen molar-refractivity contribution in [1.29, 1.82) is 0 Å². The number of carbonyl (C=O) groups excluding carboxylic acids is 3. The first kappa shape index (κ1) is 21.5. The third-order valence-corrected chi connectivity index (χ3v) is 4.32. The van der Waals surface area contributed by atoms with Crippen LogP contribution in [0.5, 0.6) is 0 Å². The van der Waals surface area contributed by atoms with Crippen molar-refractivity contribution in [3.8, 4) is 0 Å². The van der Waals surface area contributed by atoms with Gasteiger partial charge in [0.25, 0.3) is 5.91 Å². The van der Waals surface area contributed by atoms with Gasteiger partial charge in [0.15, 0.2) is 12.3 Å². The topological polar surface area (TPSA) is 104 Å². The second-order valence-corrected chi connectivity index (χ2v) is 6.69. The number of thiazole rings is 1. The highest BCUT2D eigenvalue weighted by Crippen LogP contribution is 2.13. The number of esters is 2. The van der Waals surface area contributed by atoms with E-state index >= 15 is 0 Å². The summed E-state index contributed by atoms with van der Waals surface area (Å²) in [6.07, 6.45) is 1.76. The van der Waals surface area contributed by atoms with E-state index in [-0.39, 0.29) is 5.69 Å². The smallest absolute Gasteiger partial charge is 0.358 e. The fraction of sp³-hybridized carbons (Fsp3) is 0.368. The van der Waals surface area contributed by atoms with Gasteiger partial charge in [-0.15, -0.1) is 11.3 Å². The van der Waals surface area contributed by atoms with E-state index in [1.54, 1.807) is 29.6 Å². The maximum atomic E-state index is 11.9. The van der Waals surface area contributed by atoms with E-state index in [0.717, 1.165) is 12.8 Å². The SMILES string of the molecule is CCCCOC(=O)c1ccc(NC(=O)COC(=O)c2csc(COC)n2)cc1. The van der Waals surface area contributed by atoms with E-state index in [4.69, 9.17) is 14.2 Å². The lowest BCUT2D eigenvalue weighted by Gasteiger charge is -2.07. The third kappa shape index (κ3) is 6.75. The van der Waals surface area contributed by atoms with Gasteiger partial charge in [-0.25, -0.2) is 14.6 Å². The number of rotatable bonds is 10. The second-order valence-electron chi connectivity index (χ2n) is 5.75. The maximum Gasteiger partial charge on any atom is 0.358 e. The summed E-state index contributed by atoms with van der Waals surface area (Å²) in [5.74, 6) is -1.59. The zero-order valence-electron chi connectivity index (χ0n) is 15.7. The number of aromatic nitrogens is 1. The summed E-state index contributed by atoms with van der Waals surface area (Å²) >= 11 is 1.27. The van der Waals surface area contributed by atoms with Crippen molar-refractivity contribution in [1.82, 2.24) is 4.98 Å². The maximum absolute atomic E-state index is 11.9. The van der Waals surface area contributed by atoms with Gasteiger partial charge in [-0.3, -0.25) is 4.79 Å². The highest BCUT2D eigenvalue weighted by Gasteiger charge is 2.14. The number of hydrogen-bond acceptors (Lipinski definition) is 8. The molecule has 1 N–H and O–H groups in total. The highest BCUT2D eigenvalue weighted by atomic mass is 32.1. The monoisotopic (exact) mass is 406 g/mol. The molecule has 0 aliphatic heterocycles. The lowest BCUT2D eigenvalue weighted by molar-refractivity contribution is -0.119. The average molecular weight is 406 g/mol. The van der Waals surface area contributed by atoms with Crippen molar-refractivity contribution in [3.05, 3.63) is 45.9 Å². The first-order valence-electron chi connectivity index (χ1n) is 8.71. The first-order valence-corrected chi connectivity index (χ1v) is 9.59. The van der Waals surface area contributed by atoms with Gasteiger partial charge >= 0.3 is 11.9 Å². The predicted molar refractivity (Wildman–Crippen MR) is 103 cm³/mol. The van der Waals surface area contributed by atoms with Crippen molar-refractivity contribution >= 4 is 34.9 Å². The van der Waals surface area contributed by atoms with Crippen LogP contribution in [0.4, 0.5) is 5.69 Å². The van der Waals surface area contributed by atoms with Crippen LogP contribution < -0.4 is 5.32 Å². The fourth-order valence-electron chi connectivity index (χ4n) is 2.08. The number of nitrogens with one attached hydrogen (secondary N) is 1. The second kappa shape index (κ2) is 11.2. The van der Waals surface area contributed by atoms with Crippen LogP contribution in [0.1, 0.15) is 45.6 Å². The molecule has 1 aromatic heterocycles. The third-order valence-electron chi connectivity index (χ3n) is 3.50. The molecule has 9 heteroatoms. The molecule has 0 aliphatic rings. The number of nitrogens with zero attached hydrogens (tertiary/aromatic N) is 1. The molecule has 1 aromatic carbocycles. The Morgan fingerprint density at radius 2 is 1.86 bits per heavy atom. The molecule has 150 valence electrons. The number of methoxy groups -OCH3 is 1. The van der Waals surface area contributed by atoms with E-state index in [1.165, 1.54) is 18.4 Å². The van der Waals surface area contributed by atoms with E-state index in [9.17, 15) is 14.4 Å². The normalized spacial score (nSPS) is 10.4. The van der Waals surface area contributed by atoms with Crippen LogP contribution in [-0.4, -0.2) is 43.2 Å². The number of unbranched alkanes of at least 4 members (excludes halogenated alkanes) is 1. The Hall–Kier alpha value is -2.78. The molecule has 1 heterocycles. The van der Waals surface area contributed by atoms with Crippen LogP contribution in [-0.2, 0) is 25.6 Å². The van der Waals surface area contributed by atoms with Crippen LogP contribution in [0, 0.1) is 0 Å². The van der Waals surface area contributed by atoms with Crippen molar-refractivity contribution in [2.45, 2.75) is 26.4 Å². The van der Waals surface area contributed by atoms with Crippen LogP contribution in [0.2, 0.25) is 0 Å². The standard InChI is InChI=1S/C19H22N2O6S/c1-3-4-9-26-18(23)13-5-7-14(8-6-13)20-16(22)10-27-19(24)15-12-28-17(21-15)11-25-2/h5-8,12H,3-4,9-11H2,1-2H3,(H,20,22). The lowest BCUT2D eigenvalue weighted by Crippen LogP contribution is -2.21. The first-order chi connectivity index (χ1) is 13.5. The van der Waals surface area contributed by atoms with Gasteiger partial charge in [-0.05, 0) is 30.7 Å². The van der Waals surface area contributed by atoms with E-state index < -0.39 is 24.5 Å². The largest absolute Gasteiger partial charge is 0.462 e. The van der Waals surface area contributed by atoms with Gasteiger partial charge < -0.3 is 19.5 Å². The molecule has 0 bridgehead atoms. The molecule has 1 amide bonds. The molecule has 0 atom stereocenters. The summed E-state index contributed by atoms with van der Waals surface area (Å²) in [6.45, 7) is 2.25. The Morgan fingerprint density at radius 3 is 2.54 bits per heavy atom. The van der Waals surface area contributed by atoms with Crippen molar-refractivity contribution in [2.24, 2.45) is 0 Å². The van der Waals surface area contributed by atoms with Gasteiger partial charge in [-0.1, -0.05) is 13.3 Å². The Bertz CT molecular complexity index is 803. The van der Waals surface area contributed by atoms with Crippen molar-refractivity contribution in [3.63, 3.8) is 0 Å². The molecule has 0 radical (unpaired) electrons. The summed E-state index contributed by atoms with van der Waals surface area (Å²) in [7, 11) is 1.53. The molecule has 0 unspecified atom stereocenters. The molecule has 2 aromatic rings. The minimum atomic E-state index is -0.682. The molecule has 0 aliphatic carbocycles. The molecule has 28 heavy (non-hydrogen) atoms. The van der Waals surface area contributed by atoms with Gasteiger partial charge in [0.2, 0.25) is 0 Å². The number of carbonyl (C=O) groups is 3. The van der Waals surface area contributed by atoms with Gasteiger partial charge in [-0.2, -0.15) is 0 Å². The van der Waals surface area contributed by atoms with Crippen molar-refractivity contribution in [2.75, 3.05) is 25.6 Å². The molecule has 0 fully saturated rings. The molecular weight excluding hydrogens is 384 g/mol. The van der Waals surface area contributed by atoms with Crippen LogP contribution >= 0.6 is 11.3 Å². The Labute approximate surface area is 166 Å². The number of benzene rings is 1.